The van der Waals surface area contributed by atoms with E-state index in [9.17, 15) is 12.8 Å². The maximum Gasteiger partial charge on any atom is 0.264 e. The highest BCUT2D eigenvalue weighted by molar-refractivity contribution is 7.92. The van der Waals surface area contributed by atoms with Gasteiger partial charge in [0.1, 0.15) is 16.8 Å². The van der Waals surface area contributed by atoms with Crippen LogP contribution >= 0.6 is 11.6 Å². The molecular formula is C12H7ClFN3O2S. The average Bonchev–Trinajstić information content (AvgIpc) is 2.42. The van der Waals surface area contributed by atoms with Crippen LogP contribution in [0.2, 0.25) is 5.02 Å². The third kappa shape index (κ3) is 2.87. The second kappa shape index (κ2) is 5.45. The molecule has 0 saturated carbocycles. The molecule has 1 aromatic heterocycles. The van der Waals surface area contributed by atoms with Gasteiger partial charge in [0.15, 0.2) is 5.69 Å². The number of aromatic nitrogens is 1. The van der Waals surface area contributed by atoms with Crippen LogP contribution < -0.4 is 4.72 Å². The fourth-order valence-electron chi connectivity index (χ4n) is 1.47. The number of benzene rings is 1. The van der Waals surface area contributed by atoms with E-state index in [1.54, 1.807) is 6.07 Å². The van der Waals surface area contributed by atoms with Gasteiger partial charge in [0, 0.05) is 6.20 Å². The number of hydrogen-bond donors (Lipinski definition) is 1. The second-order valence-electron chi connectivity index (χ2n) is 3.69. The number of nitrogens with zero attached hydrogens (tertiary/aromatic N) is 2. The Balaban J connectivity index is 2.47. The molecule has 8 heteroatoms. The summed E-state index contributed by atoms with van der Waals surface area (Å²) >= 11 is 5.79. The quantitative estimate of drug-likeness (QED) is 0.944. The summed E-state index contributed by atoms with van der Waals surface area (Å²) in [7, 11) is -4.08. The molecule has 20 heavy (non-hydrogen) atoms. The van der Waals surface area contributed by atoms with Crippen LogP contribution in [-0.2, 0) is 10.0 Å². The second-order valence-corrected chi connectivity index (χ2v) is 5.75. The Morgan fingerprint density at radius 1 is 1.35 bits per heavy atom. The van der Waals surface area contributed by atoms with Crippen LogP contribution in [0, 0.1) is 17.1 Å². The van der Waals surface area contributed by atoms with Crippen molar-refractivity contribution >= 4 is 27.3 Å². The fraction of sp³-hybridized carbons (Fsp3) is 0. The molecule has 0 aliphatic heterocycles. The number of rotatable bonds is 3. The highest BCUT2D eigenvalue weighted by atomic mass is 35.5. The number of halogens is 2. The van der Waals surface area contributed by atoms with Crippen molar-refractivity contribution in [3.05, 3.63) is 53.1 Å². The van der Waals surface area contributed by atoms with E-state index in [2.05, 4.69) is 9.71 Å². The fourth-order valence-corrected chi connectivity index (χ4v) is 2.87. The number of nitrogens with one attached hydrogen (secondary N) is 1. The van der Waals surface area contributed by atoms with E-state index < -0.39 is 15.8 Å². The molecule has 0 spiro atoms. The first-order valence-electron chi connectivity index (χ1n) is 5.27. The molecule has 2 aromatic rings. The number of nitriles is 1. The van der Waals surface area contributed by atoms with Crippen molar-refractivity contribution in [2.24, 2.45) is 0 Å². The molecule has 0 radical (unpaired) electrons. The molecule has 1 N–H and O–H groups in total. The van der Waals surface area contributed by atoms with Gasteiger partial charge in [0.25, 0.3) is 10.0 Å². The first-order chi connectivity index (χ1) is 9.44. The number of anilines is 1. The van der Waals surface area contributed by atoms with Gasteiger partial charge in [-0.05, 0) is 30.3 Å². The van der Waals surface area contributed by atoms with Crippen LogP contribution in [0.3, 0.4) is 0 Å². The molecule has 0 atom stereocenters. The predicted octanol–water partition coefficient (Wildman–Crippen LogP) is 2.55. The molecule has 102 valence electrons. The smallest absolute Gasteiger partial charge is 0.264 e. The largest absolute Gasteiger partial charge is 0.278 e. The van der Waals surface area contributed by atoms with E-state index >= 15 is 0 Å². The van der Waals surface area contributed by atoms with Crippen LogP contribution in [0.15, 0.2) is 41.4 Å². The highest BCUT2D eigenvalue weighted by Crippen LogP contribution is 2.25. The maximum absolute atomic E-state index is 13.1. The summed E-state index contributed by atoms with van der Waals surface area (Å²) in [6.45, 7) is 0. The molecule has 0 aliphatic carbocycles. The summed E-state index contributed by atoms with van der Waals surface area (Å²) in [5, 5.41) is 8.90. The Morgan fingerprint density at radius 3 is 2.80 bits per heavy atom. The molecule has 0 fully saturated rings. The zero-order valence-electron chi connectivity index (χ0n) is 9.84. The summed E-state index contributed by atoms with van der Waals surface area (Å²) < 4.78 is 39.6. The number of hydrogen-bond acceptors (Lipinski definition) is 4. The van der Waals surface area contributed by atoms with E-state index in [4.69, 9.17) is 16.9 Å². The van der Waals surface area contributed by atoms with E-state index in [0.717, 1.165) is 12.1 Å². The first-order valence-corrected chi connectivity index (χ1v) is 7.13. The molecule has 5 nitrogen and oxygen atoms in total. The summed E-state index contributed by atoms with van der Waals surface area (Å²) in [6, 6.07) is 7.55. The number of sulfonamides is 1. The Morgan fingerprint density at radius 2 is 2.10 bits per heavy atom. The zero-order valence-corrected chi connectivity index (χ0v) is 11.4. The minimum absolute atomic E-state index is 0.0392. The molecule has 1 heterocycles. The van der Waals surface area contributed by atoms with Crippen molar-refractivity contribution < 1.29 is 12.8 Å². The summed E-state index contributed by atoms with van der Waals surface area (Å²) in [6.07, 6.45) is 1.30. The topological polar surface area (TPSA) is 82.8 Å². The molecule has 0 bridgehead atoms. The normalized spacial score (nSPS) is 10.8. The number of pyridine rings is 1. The Labute approximate surface area is 119 Å². The van der Waals surface area contributed by atoms with Gasteiger partial charge in [-0.3, -0.25) is 4.72 Å². The zero-order chi connectivity index (χ0) is 14.8. The monoisotopic (exact) mass is 311 g/mol. The summed E-state index contributed by atoms with van der Waals surface area (Å²) in [5.74, 6) is -0.640. The first kappa shape index (κ1) is 14.2. The Kier molecular flexibility index (Phi) is 3.88. The van der Waals surface area contributed by atoms with Gasteiger partial charge in [-0.1, -0.05) is 11.6 Å². The van der Waals surface area contributed by atoms with Crippen LogP contribution in [0.4, 0.5) is 10.1 Å². The standard InChI is InChI=1S/C12H7ClFN3O2S/c13-9-4-3-8(14)6-10(9)17-20(18,19)12-2-1-5-16-11(12)7-15/h1-6,17H. The van der Waals surface area contributed by atoms with E-state index in [1.807, 2.05) is 0 Å². The Bertz CT molecular complexity index is 803. The minimum Gasteiger partial charge on any atom is -0.278 e. The molecule has 2 rings (SSSR count). The summed E-state index contributed by atoms with van der Waals surface area (Å²) in [4.78, 5) is 3.35. The van der Waals surface area contributed by atoms with Gasteiger partial charge in [-0.15, -0.1) is 0 Å². The van der Waals surface area contributed by atoms with Crippen molar-refractivity contribution in [2.45, 2.75) is 4.90 Å². The maximum atomic E-state index is 13.1. The van der Waals surface area contributed by atoms with Crippen molar-refractivity contribution in [1.29, 1.82) is 5.26 Å². The van der Waals surface area contributed by atoms with Crippen molar-refractivity contribution in [3.8, 4) is 6.07 Å². The van der Waals surface area contributed by atoms with Gasteiger partial charge < -0.3 is 0 Å². The van der Waals surface area contributed by atoms with E-state index in [1.165, 1.54) is 24.4 Å². The molecular weight excluding hydrogens is 305 g/mol. The van der Waals surface area contributed by atoms with E-state index in [-0.39, 0.29) is 21.3 Å². The Hall–Kier alpha value is -2.17. The molecule has 1 aromatic carbocycles. The van der Waals surface area contributed by atoms with Crippen LogP contribution in [0.25, 0.3) is 0 Å². The molecule has 0 unspecified atom stereocenters. The van der Waals surface area contributed by atoms with Gasteiger partial charge in [0.2, 0.25) is 0 Å². The van der Waals surface area contributed by atoms with Gasteiger partial charge in [0.05, 0.1) is 10.7 Å². The van der Waals surface area contributed by atoms with Crippen LogP contribution in [0.1, 0.15) is 5.69 Å². The minimum atomic E-state index is -4.08. The lowest BCUT2D eigenvalue weighted by molar-refractivity contribution is 0.600. The highest BCUT2D eigenvalue weighted by Gasteiger charge is 2.20. The molecule has 0 amide bonds. The van der Waals surface area contributed by atoms with Gasteiger partial charge >= 0.3 is 0 Å². The SMILES string of the molecule is N#Cc1ncccc1S(=O)(=O)Nc1cc(F)ccc1Cl. The van der Waals surface area contributed by atoms with Crippen LogP contribution in [0.5, 0.6) is 0 Å². The molecule has 0 saturated heterocycles. The van der Waals surface area contributed by atoms with Gasteiger partial charge in [-0.25, -0.2) is 17.8 Å². The third-order valence-electron chi connectivity index (χ3n) is 2.34. The lowest BCUT2D eigenvalue weighted by Crippen LogP contribution is -2.15. The van der Waals surface area contributed by atoms with E-state index in [0.29, 0.717) is 0 Å². The lowest BCUT2D eigenvalue weighted by atomic mass is 10.3. The summed E-state index contributed by atoms with van der Waals surface area (Å²) in [5.41, 5.74) is -0.369. The third-order valence-corrected chi connectivity index (χ3v) is 4.07. The van der Waals surface area contributed by atoms with Gasteiger partial charge in [-0.2, -0.15) is 5.26 Å². The molecule has 0 aliphatic rings. The van der Waals surface area contributed by atoms with Crippen molar-refractivity contribution in [2.75, 3.05) is 4.72 Å². The predicted molar refractivity (Wildman–Crippen MR) is 71.2 cm³/mol. The van der Waals surface area contributed by atoms with Crippen molar-refractivity contribution in [1.82, 2.24) is 4.98 Å². The van der Waals surface area contributed by atoms with Crippen LogP contribution in [-0.4, -0.2) is 13.4 Å². The lowest BCUT2D eigenvalue weighted by Gasteiger charge is -2.10. The average molecular weight is 312 g/mol. The van der Waals surface area contributed by atoms with Crippen molar-refractivity contribution in [3.63, 3.8) is 0 Å².